The van der Waals surface area contributed by atoms with Gasteiger partial charge in [-0.2, -0.15) is 4.98 Å². The molecule has 0 N–H and O–H groups in total. The number of nitrogens with zero attached hydrogens (tertiary/aromatic N) is 3. The second kappa shape index (κ2) is 7.70. The van der Waals surface area contributed by atoms with Crippen LogP contribution < -0.4 is 4.31 Å². The number of benzene rings is 2. The molecule has 4 aromatic rings. The SMILES string of the molecule is Cc1cc(C)cc(N(C)S(=O)(=O)c2ccsc2-c2nc(-c3ccccc3C)no2)c1. The molecular weight excluding hydrogens is 418 g/mol. The van der Waals surface area contributed by atoms with Gasteiger partial charge in [-0.25, -0.2) is 8.42 Å². The molecule has 0 unspecified atom stereocenters. The van der Waals surface area contributed by atoms with E-state index in [1.807, 2.05) is 63.2 Å². The molecule has 6 nitrogen and oxygen atoms in total. The highest BCUT2D eigenvalue weighted by atomic mass is 32.2. The first-order chi connectivity index (χ1) is 14.3. The van der Waals surface area contributed by atoms with Gasteiger partial charge in [0, 0.05) is 12.6 Å². The second-order valence-electron chi connectivity index (χ2n) is 7.17. The molecule has 0 aliphatic rings. The molecule has 154 valence electrons. The van der Waals surface area contributed by atoms with Crippen molar-refractivity contribution in [2.45, 2.75) is 25.7 Å². The monoisotopic (exact) mass is 439 g/mol. The minimum absolute atomic E-state index is 0.147. The number of rotatable bonds is 5. The summed E-state index contributed by atoms with van der Waals surface area (Å²) in [6.45, 7) is 5.85. The molecule has 0 aliphatic carbocycles. The highest BCUT2D eigenvalue weighted by molar-refractivity contribution is 7.93. The van der Waals surface area contributed by atoms with Crippen molar-refractivity contribution in [3.05, 3.63) is 70.6 Å². The number of aryl methyl sites for hydroxylation is 3. The third kappa shape index (κ3) is 3.64. The van der Waals surface area contributed by atoms with Gasteiger partial charge in [-0.3, -0.25) is 4.31 Å². The van der Waals surface area contributed by atoms with Crippen LogP contribution >= 0.6 is 11.3 Å². The third-order valence-electron chi connectivity index (χ3n) is 4.84. The standard InChI is InChI=1S/C22H21N3O3S2/c1-14-11-15(2)13-17(12-14)25(4)30(26,27)19-9-10-29-20(19)22-23-21(24-28-22)18-8-6-5-7-16(18)3/h5-13H,1-4H3. The molecule has 0 radical (unpaired) electrons. The van der Waals surface area contributed by atoms with Crippen LogP contribution in [0.4, 0.5) is 5.69 Å². The average Bonchev–Trinajstić information content (AvgIpc) is 3.36. The molecule has 2 aromatic heterocycles. The average molecular weight is 440 g/mol. The van der Waals surface area contributed by atoms with Gasteiger partial charge >= 0.3 is 0 Å². The lowest BCUT2D eigenvalue weighted by molar-refractivity contribution is 0.432. The zero-order chi connectivity index (χ0) is 21.5. The van der Waals surface area contributed by atoms with Crippen LogP contribution in [0.25, 0.3) is 22.2 Å². The van der Waals surface area contributed by atoms with Crippen molar-refractivity contribution in [2.24, 2.45) is 0 Å². The Kier molecular flexibility index (Phi) is 5.21. The summed E-state index contributed by atoms with van der Waals surface area (Å²) in [5, 5.41) is 5.78. The van der Waals surface area contributed by atoms with E-state index in [1.54, 1.807) is 18.5 Å². The maximum atomic E-state index is 13.4. The minimum atomic E-state index is -3.81. The molecular formula is C22H21N3O3S2. The summed E-state index contributed by atoms with van der Waals surface area (Å²) in [6, 6.07) is 15.0. The van der Waals surface area contributed by atoms with E-state index >= 15 is 0 Å². The van der Waals surface area contributed by atoms with Crippen molar-refractivity contribution >= 4 is 27.0 Å². The van der Waals surface area contributed by atoms with Gasteiger partial charge in [0.2, 0.25) is 5.82 Å². The lowest BCUT2D eigenvalue weighted by Crippen LogP contribution is -2.26. The Labute approximate surface area is 179 Å². The van der Waals surface area contributed by atoms with Gasteiger partial charge in [0.1, 0.15) is 9.77 Å². The van der Waals surface area contributed by atoms with E-state index in [0.717, 1.165) is 22.3 Å². The molecule has 0 atom stereocenters. The molecule has 0 aliphatic heterocycles. The van der Waals surface area contributed by atoms with Crippen molar-refractivity contribution in [1.29, 1.82) is 0 Å². The van der Waals surface area contributed by atoms with Gasteiger partial charge in [-0.05, 0) is 61.0 Å². The van der Waals surface area contributed by atoms with E-state index in [9.17, 15) is 8.42 Å². The van der Waals surface area contributed by atoms with Crippen LogP contribution in [0.1, 0.15) is 16.7 Å². The summed E-state index contributed by atoms with van der Waals surface area (Å²) >= 11 is 1.26. The Morgan fingerprint density at radius 2 is 1.70 bits per heavy atom. The Balaban J connectivity index is 1.74. The smallest absolute Gasteiger partial charge is 0.269 e. The number of sulfonamides is 1. The van der Waals surface area contributed by atoms with E-state index < -0.39 is 10.0 Å². The Bertz CT molecular complexity index is 1300. The number of anilines is 1. The van der Waals surface area contributed by atoms with E-state index in [2.05, 4.69) is 10.1 Å². The number of aromatic nitrogens is 2. The summed E-state index contributed by atoms with van der Waals surface area (Å²) in [7, 11) is -2.26. The van der Waals surface area contributed by atoms with Crippen molar-refractivity contribution in [1.82, 2.24) is 10.1 Å². The zero-order valence-corrected chi connectivity index (χ0v) is 18.7. The fourth-order valence-electron chi connectivity index (χ4n) is 3.32. The maximum absolute atomic E-state index is 13.4. The largest absolute Gasteiger partial charge is 0.333 e. The predicted octanol–water partition coefficient (Wildman–Crippen LogP) is 5.22. The summed E-state index contributed by atoms with van der Waals surface area (Å²) < 4.78 is 33.5. The number of hydrogen-bond donors (Lipinski definition) is 0. The molecule has 0 fully saturated rings. The van der Waals surface area contributed by atoms with Crippen LogP contribution in [-0.4, -0.2) is 25.6 Å². The van der Waals surface area contributed by atoms with Gasteiger partial charge < -0.3 is 4.52 Å². The first kappa shape index (κ1) is 20.3. The van der Waals surface area contributed by atoms with Crippen molar-refractivity contribution in [2.75, 3.05) is 11.4 Å². The van der Waals surface area contributed by atoms with E-state index in [1.165, 1.54) is 15.6 Å². The molecule has 0 saturated carbocycles. The van der Waals surface area contributed by atoms with E-state index in [-0.39, 0.29) is 10.8 Å². The van der Waals surface area contributed by atoms with Crippen LogP contribution in [0.3, 0.4) is 0 Å². The van der Waals surface area contributed by atoms with Crippen LogP contribution in [0.2, 0.25) is 0 Å². The van der Waals surface area contributed by atoms with Crippen molar-refractivity contribution in [3.63, 3.8) is 0 Å². The number of hydrogen-bond acceptors (Lipinski definition) is 6. The highest BCUT2D eigenvalue weighted by Gasteiger charge is 2.29. The Hall–Kier alpha value is -2.97. The quantitative estimate of drug-likeness (QED) is 0.426. The van der Waals surface area contributed by atoms with Gasteiger partial charge in [-0.1, -0.05) is 35.5 Å². The van der Waals surface area contributed by atoms with Gasteiger partial charge in [-0.15, -0.1) is 11.3 Å². The fourth-order valence-corrected chi connectivity index (χ4v) is 5.82. The summed E-state index contributed by atoms with van der Waals surface area (Å²) in [6.07, 6.45) is 0. The molecule has 0 saturated heterocycles. The Morgan fingerprint density at radius 1 is 1.00 bits per heavy atom. The van der Waals surface area contributed by atoms with Gasteiger partial charge in [0.15, 0.2) is 0 Å². The fraction of sp³-hybridized carbons (Fsp3) is 0.182. The summed E-state index contributed by atoms with van der Waals surface area (Å²) in [4.78, 5) is 5.04. The highest BCUT2D eigenvalue weighted by Crippen LogP contribution is 2.36. The van der Waals surface area contributed by atoms with Crippen LogP contribution in [0.15, 0.2) is 63.3 Å². The topological polar surface area (TPSA) is 76.3 Å². The maximum Gasteiger partial charge on any atom is 0.269 e. The first-order valence-electron chi connectivity index (χ1n) is 9.32. The van der Waals surface area contributed by atoms with Crippen LogP contribution in [-0.2, 0) is 10.0 Å². The number of thiophene rings is 1. The minimum Gasteiger partial charge on any atom is -0.333 e. The van der Waals surface area contributed by atoms with Crippen LogP contribution in [0, 0.1) is 20.8 Å². The molecule has 30 heavy (non-hydrogen) atoms. The molecule has 0 spiro atoms. The lowest BCUT2D eigenvalue weighted by Gasteiger charge is -2.20. The molecule has 2 heterocycles. The first-order valence-corrected chi connectivity index (χ1v) is 11.6. The second-order valence-corrected chi connectivity index (χ2v) is 10.0. The Morgan fingerprint density at radius 3 is 2.40 bits per heavy atom. The molecule has 2 aromatic carbocycles. The van der Waals surface area contributed by atoms with Gasteiger partial charge in [0.05, 0.1) is 5.69 Å². The zero-order valence-electron chi connectivity index (χ0n) is 17.1. The molecule has 0 bridgehead atoms. The lowest BCUT2D eigenvalue weighted by atomic mass is 10.1. The summed E-state index contributed by atoms with van der Waals surface area (Å²) in [5.41, 5.74) is 4.46. The normalized spacial score (nSPS) is 11.6. The molecule has 0 amide bonds. The molecule has 8 heteroatoms. The van der Waals surface area contributed by atoms with Crippen molar-refractivity contribution in [3.8, 4) is 22.2 Å². The van der Waals surface area contributed by atoms with Crippen LogP contribution in [0.5, 0.6) is 0 Å². The van der Waals surface area contributed by atoms with Crippen molar-refractivity contribution < 1.29 is 12.9 Å². The van der Waals surface area contributed by atoms with E-state index in [0.29, 0.717) is 16.4 Å². The predicted molar refractivity (Wildman–Crippen MR) is 119 cm³/mol. The van der Waals surface area contributed by atoms with Gasteiger partial charge in [0.25, 0.3) is 15.9 Å². The summed E-state index contributed by atoms with van der Waals surface area (Å²) in [5.74, 6) is 0.623. The molecule has 4 rings (SSSR count). The van der Waals surface area contributed by atoms with E-state index in [4.69, 9.17) is 4.52 Å². The third-order valence-corrected chi connectivity index (χ3v) is 7.70.